The molecule has 3 aromatic carbocycles. The molecule has 0 atom stereocenters. The first kappa shape index (κ1) is 25.5. The average Bonchev–Trinajstić information content (AvgIpc) is 3.38. The molecular formula is C40H35N. The van der Waals surface area contributed by atoms with Crippen LogP contribution >= 0.6 is 0 Å². The lowest BCUT2D eigenvalue weighted by Crippen LogP contribution is -2.05. The fourth-order valence-corrected chi connectivity index (χ4v) is 6.69. The lowest BCUT2D eigenvalue weighted by atomic mass is 9.80. The molecule has 0 aliphatic heterocycles. The van der Waals surface area contributed by atoms with Crippen LogP contribution in [-0.2, 0) is 12.8 Å². The molecule has 1 heterocycles. The lowest BCUT2D eigenvalue weighted by Gasteiger charge is -2.24. The van der Waals surface area contributed by atoms with Crippen molar-refractivity contribution in [1.82, 2.24) is 4.98 Å². The van der Waals surface area contributed by atoms with Crippen LogP contribution in [0.1, 0.15) is 72.2 Å². The van der Waals surface area contributed by atoms with Crippen LogP contribution in [0.25, 0.3) is 33.9 Å². The van der Waals surface area contributed by atoms with Crippen molar-refractivity contribution in [3.63, 3.8) is 0 Å². The predicted molar refractivity (Wildman–Crippen MR) is 174 cm³/mol. The summed E-state index contributed by atoms with van der Waals surface area (Å²) in [6.45, 7) is 4.42. The maximum Gasteiger partial charge on any atom is 0.0664 e. The summed E-state index contributed by atoms with van der Waals surface area (Å²) in [7, 11) is 0. The summed E-state index contributed by atoms with van der Waals surface area (Å²) >= 11 is 0. The Labute approximate surface area is 244 Å². The van der Waals surface area contributed by atoms with Gasteiger partial charge in [0.1, 0.15) is 0 Å². The smallest absolute Gasteiger partial charge is 0.0664 e. The molecule has 7 rings (SSSR count). The van der Waals surface area contributed by atoms with Crippen LogP contribution in [-0.4, -0.2) is 4.98 Å². The van der Waals surface area contributed by atoms with Gasteiger partial charge in [0.25, 0.3) is 0 Å². The van der Waals surface area contributed by atoms with E-state index in [9.17, 15) is 0 Å². The third-order valence-corrected chi connectivity index (χ3v) is 8.96. The van der Waals surface area contributed by atoms with E-state index in [-0.39, 0.29) is 0 Å². The number of fused-ring (bicyclic) bond motifs is 4. The van der Waals surface area contributed by atoms with Crippen molar-refractivity contribution in [2.24, 2.45) is 0 Å². The molecule has 0 N–H and O–H groups in total. The topological polar surface area (TPSA) is 12.9 Å². The second kappa shape index (κ2) is 10.8. The van der Waals surface area contributed by atoms with Gasteiger partial charge in [-0.3, -0.25) is 4.98 Å². The van der Waals surface area contributed by atoms with Gasteiger partial charge in [-0.2, -0.15) is 0 Å². The maximum absolute atomic E-state index is 4.63. The zero-order valence-electron chi connectivity index (χ0n) is 24.0. The van der Waals surface area contributed by atoms with Gasteiger partial charge in [0, 0.05) is 6.20 Å². The van der Waals surface area contributed by atoms with Crippen LogP contribution in [0, 0.1) is 0 Å². The molecule has 0 fully saturated rings. The van der Waals surface area contributed by atoms with Crippen LogP contribution in [0.3, 0.4) is 0 Å². The molecule has 0 spiro atoms. The lowest BCUT2D eigenvalue weighted by molar-refractivity contribution is 0.855. The molecule has 4 aromatic rings. The van der Waals surface area contributed by atoms with E-state index in [4.69, 9.17) is 0 Å². The number of allylic oxidation sites excluding steroid dienone is 8. The molecule has 3 aliphatic rings. The van der Waals surface area contributed by atoms with Crippen molar-refractivity contribution in [2.45, 2.75) is 46.0 Å². The Kier molecular flexibility index (Phi) is 6.72. The van der Waals surface area contributed by atoms with Gasteiger partial charge in [0.15, 0.2) is 0 Å². The van der Waals surface area contributed by atoms with E-state index in [1.54, 1.807) is 0 Å². The standard InChI is InChI=1S/C40H35N/c1-3-28-11-8-24-41-40(28)25-27(2)29-9-6-10-30(17-16-29)31-18-20-32(21-19-31)35-23-22-33-26-39-37(35)14-7-15-38(39)36-13-5-4-12-34(33)36/h4-5,7-8,11-25H,3,6,9-10,26H2,1-2H3/b27-25+. The highest BCUT2D eigenvalue weighted by molar-refractivity contribution is 5.96. The zero-order valence-corrected chi connectivity index (χ0v) is 24.0. The maximum atomic E-state index is 4.63. The van der Waals surface area contributed by atoms with Gasteiger partial charge in [-0.25, -0.2) is 0 Å². The van der Waals surface area contributed by atoms with E-state index >= 15 is 0 Å². The van der Waals surface area contributed by atoms with E-state index in [1.165, 1.54) is 72.4 Å². The number of benzene rings is 3. The van der Waals surface area contributed by atoms with E-state index < -0.39 is 0 Å². The number of rotatable bonds is 5. The van der Waals surface area contributed by atoms with E-state index in [2.05, 4.69) is 122 Å². The molecule has 0 amide bonds. The Bertz CT molecular complexity index is 1800. The second-order valence-electron chi connectivity index (χ2n) is 11.4. The normalized spacial score (nSPS) is 16.0. The molecule has 0 saturated heterocycles. The SMILES string of the molecule is CCc1cccnc1/C=C(\C)C1=CC=C(c2ccc(C3=CC=C4Cc5c3cccc5-c3ccccc34)cc2)CCC1. The fourth-order valence-electron chi connectivity index (χ4n) is 6.69. The van der Waals surface area contributed by atoms with E-state index in [0.29, 0.717) is 0 Å². The Morgan fingerprint density at radius 1 is 0.707 bits per heavy atom. The minimum Gasteiger partial charge on any atom is -0.257 e. The van der Waals surface area contributed by atoms with Gasteiger partial charge < -0.3 is 0 Å². The van der Waals surface area contributed by atoms with Crippen molar-refractivity contribution in [3.05, 3.63) is 160 Å². The summed E-state index contributed by atoms with van der Waals surface area (Å²) in [6.07, 6.45) is 18.9. The summed E-state index contributed by atoms with van der Waals surface area (Å²) in [4.78, 5) is 4.63. The number of hydrogen-bond acceptors (Lipinski definition) is 1. The van der Waals surface area contributed by atoms with Crippen LogP contribution < -0.4 is 0 Å². The first-order chi connectivity index (χ1) is 20.2. The number of aromatic nitrogens is 1. The van der Waals surface area contributed by atoms with Gasteiger partial charge in [-0.05, 0) is 124 Å². The molecule has 2 bridgehead atoms. The molecular weight excluding hydrogens is 494 g/mol. The summed E-state index contributed by atoms with van der Waals surface area (Å²) in [5.41, 5.74) is 18.8. The Balaban J connectivity index is 1.18. The van der Waals surface area contributed by atoms with Crippen LogP contribution in [0.15, 0.2) is 121 Å². The zero-order chi connectivity index (χ0) is 27.8. The van der Waals surface area contributed by atoms with E-state index in [0.717, 1.165) is 37.8 Å². The minimum absolute atomic E-state index is 0.996. The van der Waals surface area contributed by atoms with Crippen molar-refractivity contribution in [2.75, 3.05) is 0 Å². The fraction of sp³-hybridized carbons (Fsp3) is 0.175. The average molecular weight is 530 g/mol. The quantitative estimate of drug-likeness (QED) is 0.251. The third kappa shape index (κ3) is 4.76. The minimum atomic E-state index is 0.996. The van der Waals surface area contributed by atoms with E-state index in [1.807, 2.05) is 12.3 Å². The van der Waals surface area contributed by atoms with Crippen LogP contribution in [0.4, 0.5) is 0 Å². The van der Waals surface area contributed by atoms with Gasteiger partial charge in [-0.1, -0.05) is 104 Å². The molecule has 3 aliphatic carbocycles. The molecule has 0 unspecified atom stereocenters. The Morgan fingerprint density at radius 3 is 2.32 bits per heavy atom. The molecule has 200 valence electrons. The first-order valence-corrected chi connectivity index (χ1v) is 15.0. The highest BCUT2D eigenvalue weighted by Crippen LogP contribution is 2.45. The van der Waals surface area contributed by atoms with Crippen LogP contribution in [0.2, 0.25) is 0 Å². The molecule has 0 saturated carbocycles. The third-order valence-electron chi connectivity index (χ3n) is 8.96. The summed E-state index contributed by atoms with van der Waals surface area (Å²) in [6, 6.07) is 29.1. The number of nitrogens with zero attached hydrogens (tertiary/aromatic N) is 1. The van der Waals surface area contributed by atoms with Crippen molar-refractivity contribution >= 4 is 22.8 Å². The molecule has 1 aromatic heterocycles. The first-order valence-electron chi connectivity index (χ1n) is 15.0. The molecule has 1 nitrogen and oxygen atoms in total. The monoisotopic (exact) mass is 529 g/mol. The van der Waals surface area contributed by atoms with Crippen molar-refractivity contribution in [1.29, 1.82) is 0 Å². The second-order valence-corrected chi connectivity index (χ2v) is 11.4. The summed E-state index contributed by atoms with van der Waals surface area (Å²) in [5.74, 6) is 0. The van der Waals surface area contributed by atoms with Crippen molar-refractivity contribution in [3.8, 4) is 11.1 Å². The summed E-state index contributed by atoms with van der Waals surface area (Å²) in [5, 5.41) is 0. The van der Waals surface area contributed by atoms with Gasteiger partial charge in [0.05, 0.1) is 5.69 Å². The Hall–Kier alpha value is -4.49. The number of hydrogen-bond donors (Lipinski definition) is 0. The van der Waals surface area contributed by atoms with Crippen LogP contribution in [0.5, 0.6) is 0 Å². The molecule has 1 heteroatoms. The molecule has 0 radical (unpaired) electrons. The number of pyridine rings is 1. The van der Waals surface area contributed by atoms with Gasteiger partial charge in [-0.15, -0.1) is 0 Å². The van der Waals surface area contributed by atoms with Gasteiger partial charge >= 0.3 is 0 Å². The highest BCUT2D eigenvalue weighted by Gasteiger charge is 2.25. The summed E-state index contributed by atoms with van der Waals surface area (Å²) < 4.78 is 0. The largest absolute Gasteiger partial charge is 0.257 e. The van der Waals surface area contributed by atoms with Gasteiger partial charge in [0.2, 0.25) is 0 Å². The Morgan fingerprint density at radius 2 is 1.46 bits per heavy atom. The highest BCUT2D eigenvalue weighted by atomic mass is 14.7. The predicted octanol–water partition coefficient (Wildman–Crippen LogP) is 10.3. The molecule has 41 heavy (non-hydrogen) atoms. The van der Waals surface area contributed by atoms with Crippen molar-refractivity contribution < 1.29 is 0 Å². The number of aryl methyl sites for hydroxylation is 1.